The highest BCUT2D eigenvalue weighted by molar-refractivity contribution is 9.10. The van der Waals surface area contributed by atoms with Gasteiger partial charge in [0.15, 0.2) is 5.16 Å². The number of aromatic nitrogens is 2. The summed E-state index contributed by atoms with van der Waals surface area (Å²) in [6.07, 6.45) is 4.28. The Morgan fingerprint density at radius 1 is 1.23 bits per heavy atom. The Hall–Kier alpha value is -2.32. The summed E-state index contributed by atoms with van der Waals surface area (Å²) in [5, 5.41) is 3.56. The molecule has 1 N–H and O–H groups in total. The highest BCUT2D eigenvalue weighted by Crippen LogP contribution is 2.19. The minimum Gasteiger partial charge on any atom is -0.467 e. The molecule has 0 aliphatic rings. The van der Waals surface area contributed by atoms with E-state index in [1.165, 1.54) is 0 Å². The van der Waals surface area contributed by atoms with Crippen molar-refractivity contribution in [1.29, 1.82) is 0 Å². The van der Waals surface area contributed by atoms with Crippen molar-refractivity contribution >= 4 is 33.6 Å². The summed E-state index contributed by atoms with van der Waals surface area (Å²) in [6.45, 7) is 2.31. The number of halogens is 1. The summed E-state index contributed by atoms with van der Waals surface area (Å²) in [5.74, 6) is 1.56. The van der Waals surface area contributed by atoms with E-state index >= 15 is 0 Å². The smallest absolute Gasteiger partial charge is 0.257 e. The predicted octanol–water partition coefficient (Wildman–Crippen LogP) is 4.61. The first-order valence-corrected chi connectivity index (χ1v) is 11.9. The van der Waals surface area contributed by atoms with Gasteiger partial charge in [-0.3, -0.25) is 14.2 Å². The van der Waals surface area contributed by atoms with Gasteiger partial charge in [-0.25, -0.2) is 4.98 Å². The predicted molar refractivity (Wildman–Crippen MR) is 126 cm³/mol. The van der Waals surface area contributed by atoms with Crippen molar-refractivity contribution < 1.29 is 9.21 Å². The largest absolute Gasteiger partial charge is 0.467 e. The molecule has 2 aromatic heterocycles. The van der Waals surface area contributed by atoms with Crippen LogP contribution in [0.3, 0.4) is 0 Å². The second-order valence-electron chi connectivity index (χ2n) is 7.29. The molecule has 3 rings (SSSR count). The van der Waals surface area contributed by atoms with Crippen LogP contribution in [0.2, 0.25) is 0 Å². The highest BCUT2D eigenvalue weighted by Gasteiger charge is 2.13. The van der Waals surface area contributed by atoms with Crippen molar-refractivity contribution in [3.8, 4) is 0 Å². The number of furan rings is 1. The fourth-order valence-electron chi connectivity index (χ4n) is 3.11. The van der Waals surface area contributed by atoms with Crippen LogP contribution in [0.4, 0.5) is 0 Å². The van der Waals surface area contributed by atoms with Gasteiger partial charge in [-0.05, 0) is 49.6 Å². The summed E-state index contributed by atoms with van der Waals surface area (Å²) in [6, 6.07) is 11.6. The lowest BCUT2D eigenvalue weighted by Crippen LogP contribution is -2.25. The van der Waals surface area contributed by atoms with Gasteiger partial charge in [0.25, 0.3) is 5.56 Å². The number of carbonyl (C=O) groups excluding carboxylic acids is 1. The van der Waals surface area contributed by atoms with Crippen LogP contribution in [-0.4, -0.2) is 21.2 Å². The van der Waals surface area contributed by atoms with Gasteiger partial charge in [0, 0.05) is 41.4 Å². The summed E-state index contributed by atoms with van der Waals surface area (Å²) < 4.78 is 7.84. The van der Waals surface area contributed by atoms with Crippen LogP contribution in [0.1, 0.15) is 41.8 Å². The third-order valence-corrected chi connectivity index (χ3v) is 6.56. The van der Waals surface area contributed by atoms with Crippen molar-refractivity contribution in [3.63, 3.8) is 0 Å². The summed E-state index contributed by atoms with van der Waals surface area (Å²) in [4.78, 5) is 29.4. The van der Waals surface area contributed by atoms with E-state index in [4.69, 9.17) is 4.42 Å². The van der Waals surface area contributed by atoms with Gasteiger partial charge in [0.2, 0.25) is 5.91 Å². The number of nitrogens with zero attached hydrogens (tertiary/aromatic N) is 2. The molecular formula is C23H26BrN3O3S. The Labute approximate surface area is 194 Å². The van der Waals surface area contributed by atoms with Crippen molar-refractivity contribution in [2.24, 2.45) is 7.05 Å². The zero-order valence-electron chi connectivity index (χ0n) is 17.7. The summed E-state index contributed by atoms with van der Waals surface area (Å²) in [5.41, 5.74) is 2.57. The van der Waals surface area contributed by atoms with E-state index in [0.717, 1.165) is 45.6 Å². The minimum atomic E-state index is -0.00442. The first-order chi connectivity index (χ1) is 14.9. The van der Waals surface area contributed by atoms with Crippen LogP contribution in [-0.2, 0) is 24.8 Å². The Morgan fingerprint density at radius 3 is 2.71 bits per heavy atom. The first-order valence-electron chi connectivity index (χ1n) is 10.2. The third-order valence-electron chi connectivity index (χ3n) is 4.91. The van der Waals surface area contributed by atoms with Gasteiger partial charge in [-0.2, -0.15) is 0 Å². The molecule has 0 bridgehead atoms. The molecule has 6 nitrogen and oxygen atoms in total. The molecular weight excluding hydrogens is 478 g/mol. The lowest BCUT2D eigenvalue weighted by atomic mass is 10.1. The van der Waals surface area contributed by atoms with Crippen LogP contribution in [0.15, 0.2) is 61.5 Å². The lowest BCUT2D eigenvalue weighted by molar-refractivity contribution is -0.121. The van der Waals surface area contributed by atoms with Gasteiger partial charge in [0.05, 0.1) is 12.8 Å². The normalized spacial score (nSPS) is 10.9. The average Bonchev–Trinajstić information content (AvgIpc) is 3.28. The van der Waals surface area contributed by atoms with Crippen LogP contribution >= 0.6 is 27.7 Å². The molecule has 164 valence electrons. The van der Waals surface area contributed by atoms with Crippen molar-refractivity contribution in [3.05, 3.63) is 80.1 Å². The summed E-state index contributed by atoms with van der Waals surface area (Å²) in [7, 11) is 1.77. The van der Waals surface area contributed by atoms with Gasteiger partial charge >= 0.3 is 0 Å². The number of rotatable bonds is 10. The molecule has 2 heterocycles. The molecule has 0 unspecified atom stereocenters. The van der Waals surface area contributed by atoms with E-state index < -0.39 is 0 Å². The minimum absolute atomic E-state index is 0.00442. The summed E-state index contributed by atoms with van der Waals surface area (Å²) >= 11 is 4.99. The SMILES string of the molecule is Cc1nc(SCCCCC(=O)NCc2ccco2)n(C)c(=O)c1Cc1ccc(Br)cc1. The van der Waals surface area contributed by atoms with E-state index in [1.54, 1.807) is 35.7 Å². The van der Waals surface area contributed by atoms with E-state index in [9.17, 15) is 9.59 Å². The number of amides is 1. The zero-order valence-corrected chi connectivity index (χ0v) is 20.1. The first kappa shape index (κ1) is 23.3. The molecule has 0 fully saturated rings. The molecule has 3 aromatic rings. The Kier molecular flexibility index (Phi) is 8.54. The van der Waals surface area contributed by atoms with Crippen LogP contribution in [0, 0.1) is 6.92 Å². The maximum Gasteiger partial charge on any atom is 0.257 e. The molecule has 0 saturated heterocycles. The fourth-order valence-corrected chi connectivity index (χ4v) is 4.38. The maximum absolute atomic E-state index is 12.9. The number of thioether (sulfide) groups is 1. The van der Waals surface area contributed by atoms with E-state index in [2.05, 4.69) is 26.2 Å². The molecule has 1 aromatic carbocycles. The van der Waals surface area contributed by atoms with Gasteiger partial charge in [0.1, 0.15) is 5.76 Å². The van der Waals surface area contributed by atoms with Crippen molar-refractivity contribution in [1.82, 2.24) is 14.9 Å². The zero-order chi connectivity index (χ0) is 22.2. The Bertz CT molecular complexity index is 1060. The molecule has 0 aliphatic heterocycles. The van der Waals surface area contributed by atoms with Gasteiger partial charge in [-0.15, -0.1) is 0 Å². The maximum atomic E-state index is 12.9. The highest BCUT2D eigenvalue weighted by atomic mass is 79.9. The molecule has 8 heteroatoms. The number of nitrogens with one attached hydrogen (secondary N) is 1. The topological polar surface area (TPSA) is 77.1 Å². The molecule has 0 spiro atoms. The second-order valence-corrected chi connectivity index (χ2v) is 9.27. The third kappa shape index (κ3) is 6.83. The molecule has 1 amide bonds. The monoisotopic (exact) mass is 503 g/mol. The average molecular weight is 504 g/mol. The van der Waals surface area contributed by atoms with Crippen molar-refractivity contribution in [2.75, 3.05) is 5.75 Å². The van der Waals surface area contributed by atoms with Crippen LogP contribution < -0.4 is 10.9 Å². The number of carbonyl (C=O) groups is 1. The van der Waals surface area contributed by atoms with Crippen LogP contribution in [0.5, 0.6) is 0 Å². The van der Waals surface area contributed by atoms with Gasteiger partial charge < -0.3 is 9.73 Å². The second kappa shape index (κ2) is 11.3. The number of aryl methyl sites for hydroxylation is 1. The number of hydrogen-bond donors (Lipinski definition) is 1. The van der Waals surface area contributed by atoms with E-state index in [-0.39, 0.29) is 11.5 Å². The van der Waals surface area contributed by atoms with Crippen molar-refractivity contribution in [2.45, 2.75) is 44.3 Å². The van der Waals surface area contributed by atoms with Gasteiger partial charge in [-0.1, -0.05) is 39.8 Å². The number of benzene rings is 1. The number of unbranched alkanes of at least 4 members (excludes halogenated alkanes) is 1. The quantitative estimate of drug-likeness (QED) is 0.248. The fraction of sp³-hybridized carbons (Fsp3) is 0.348. The standard InChI is InChI=1S/C23H26BrN3O3S/c1-16-20(14-17-8-10-18(24)11-9-17)22(29)27(2)23(26-16)31-13-4-3-7-21(28)25-15-19-6-5-12-30-19/h5-6,8-12H,3-4,7,13-15H2,1-2H3,(H,25,28). The van der Waals surface area contributed by atoms with E-state index in [0.29, 0.717) is 24.5 Å². The molecule has 0 radical (unpaired) electrons. The Morgan fingerprint density at radius 2 is 2.00 bits per heavy atom. The number of hydrogen-bond acceptors (Lipinski definition) is 5. The molecule has 31 heavy (non-hydrogen) atoms. The Balaban J connectivity index is 1.47. The molecule has 0 aliphatic carbocycles. The lowest BCUT2D eigenvalue weighted by Gasteiger charge is -2.12. The molecule has 0 saturated carbocycles. The molecule has 0 atom stereocenters. The van der Waals surface area contributed by atoms with Crippen LogP contribution in [0.25, 0.3) is 0 Å². The van der Waals surface area contributed by atoms with E-state index in [1.807, 2.05) is 37.3 Å².